The van der Waals surface area contributed by atoms with Gasteiger partial charge in [0, 0.05) is 23.8 Å². The van der Waals surface area contributed by atoms with Gasteiger partial charge in [-0.2, -0.15) is 0 Å². The van der Waals surface area contributed by atoms with Gasteiger partial charge in [0.2, 0.25) is 11.8 Å². The number of carbonyl (C=O) groups is 3. The predicted octanol–water partition coefficient (Wildman–Crippen LogP) is 1.77. The number of Topliss-reactive ketones (excluding diaryl/α,β-unsaturated/α-hetero) is 1. The third-order valence-electron chi connectivity index (χ3n) is 2.83. The van der Waals surface area contributed by atoms with E-state index in [1.165, 1.54) is 11.3 Å². The van der Waals surface area contributed by atoms with Crippen molar-refractivity contribution < 1.29 is 14.4 Å². The summed E-state index contributed by atoms with van der Waals surface area (Å²) in [5, 5.41) is 4.67. The van der Waals surface area contributed by atoms with Crippen molar-refractivity contribution in [2.24, 2.45) is 5.73 Å². The molecule has 0 saturated heterocycles. The molecule has 0 atom stereocenters. The Kier molecular flexibility index (Phi) is 5.37. The fraction of sp³-hybridized carbons (Fsp3) is 0.200. The van der Waals surface area contributed by atoms with Crippen molar-refractivity contribution in [2.75, 3.05) is 5.32 Å². The SMILES string of the molecule is NC(=O)Cc1csc(NC(=O)CCC(=O)c2ccccc2)n1. The van der Waals surface area contributed by atoms with Crippen molar-refractivity contribution in [1.29, 1.82) is 0 Å². The summed E-state index contributed by atoms with van der Waals surface area (Å²) in [5.74, 6) is -0.842. The quantitative estimate of drug-likeness (QED) is 0.760. The average molecular weight is 317 g/mol. The molecule has 22 heavy (non-hydrogen) atoms. The highest BCUT2D eigenvalue weighted by Crippen LogP contribution is 2.16. The van der Waals surface area contributed by atoms with Crippen LogP contribution in [-0.2, 0) is 16.0 Å². The third kappa shape index (κ3) is 4.78. The molecule has 2 aromatic rings. The molecule has 0 saturated carbocycles. The highest BCUT2D eigenvalue weighted by Gasteiger charge is 2.11. The second-order valence-electron chi connectivity index (χ2n) is 4.62. The second-order valence-corrected chi connectivity index (χ2v) is 5.48. The van der Waals surface area contributed by atoms with Gasteiger partial charge >= 0.3 is 0 Å². The topological polar surface area (TPSA) is 102 Å². The van der Waals surface area contributed by atoms with Gasteiger partial charge in [-0.1, -0.05) is 30.3 Å². The minimum Gasteiger partial charge on any atom is -0.369 e. The van der Waals surface area contributed by atoms with Gasteiger partial charge in [0.1, 0.15) is 0 Å². The largest absolute Gasteiger partial charge is 0.369 e. The summed E-state index contributed by atoms with van der Waals surface area (Å²) >= 11 is 1.21. The van der Waals surface area contributed by atoms with Crippen LogP contribution in [0.1, 0.15) is 28.9 Å². The van der Waals surface area contributed by atoms with Crippen molar-refractivity contribution in [3.05, 3.63) is 47.0 Å². The second kappa shape index (κ2) is 7.46. The van der Waals surface area contributed by atoms with E-state index in [2.05, 4.69) is 10.3 Å². The van der Waals surface area contributed by atoms with Crippen LogP contribution < -0.4 is 11.1 Å². The number of nitrogens with zero attached hydrogens (tertiary/aromatic N) is 1. The number of rotatable bonds is 7. The summed E-state index contributed by atoms with van der Waals surface area (Å²) in [7, 11) is 0. The van der Waals surface area contributed by atoms with E-state index in [9.17, 15) is 14.4 Å². The Morgan fingerprint density at radius 3 is 2.55 bits per heavy atom. The summed E-state index contributed by atoms with van der Waals surface area (Å²) in [4.78, 5) is 38.5. The van der Waals surface area contributed by atoms with E-state index in [-0.39, 0.29) is 31.0 Å². The van der Waals surface area contributed by atoms with Crippen molar-refractivity contribution in [3.8, 4) is 0 Å². The van der Waals surface area contributed by atoms with E-state index in [4.69, 9.17) is 5.73 Å². The summed E-state index contributed by atoms with van der Waals surface area (Å²) in [6.45, 7) is 0. The molecule has 0 fully saturated rings. The number of hydrogen-bond donors (Lipinski definition) is 2. The first-order valence-corrected chi connectivity index (χ1v) is 7.53. The first kappa shape index (κ1) is 15.8. The van der Waals surface area contributed by atoms with E-state index in [0.717, 1.165) is 0 Å². The fourth-order valence-electron chi connectivity index (χ4n) is 1.80. The van der Waals surface area contributed by atoms with Crippen LogP contribution in [0.3, 0.4) is 0 Å². The first-order valence-electron chi connectivity index (χ1n) is 6.65. The van der Waals surface area contributed by atoms with Crippen molar-refractivity contribution in [1.82, 2.24) is 4.98 Å². The van der Waals surface area contributed by atoms with Crippen molar-refractivity contribution >= 4 is 34.1 Å². The highest BCUT2D eigenvalue weighted by molar-refractivity contribution is 7.13. The van der Waals surface area contributed by atoms with E-state index in [1.54, 1.807) is 29.6 Å². The normalized spacial score (nSPS) is 10.2. The Bertz CT molecular complexity index is 682. The lowest BCUT2D eigenvalue weighted by molar-refractivity contribution is -0.117. The lowest BCUT2D eigenvalue weighted by Gasteiger charge is -2.02. The van der Waals surface area contributed by atoms with Crippen molar-refractivity contribution in [3.63, 3.8) is 0 Å². The van der Waals surface area contributed by atoms with Gasteiger partial charge in [-0.25, -0.2) is 4.98 Å². The highest BCUT2D eigenvalue weighted by atomic mass is 32.1. The number of aromatic nitrogens is 1. The van der Waals surface area contributed by atoms with Crippen LogP contribution in [0.25, 0.3) is 0 Å². The molecule has 114 valence electrons. The van der Waals surface area contributed by atoms with E-state index in [0.29, 0.717) is 16.4 Å². The molecule has 3 N–H and O–H groups in total. The number of hydrogen-bond acceptors (Lipinski definition) is 5. The molecular weight excluding hydrogens is 302 g/mol. The maximum absolute atomic E-state index is 11.9. The summed E-state index contributed by atoms with van der Waals surface area (Å²) in [5.41, 5.74) is 6.18. The molecule has 0 radical (unpaired) electrons. The zero-order valence-corrected chi connectivity index (χ0v) is 12.6. The van der Waals surface area contributed by atoms with Crippen LogP contribution in [0.15, 0.2) is 35.7 Å². The third-order valence-corrected chi connectivity index (χ3v) is 3.63. The first-order chi connectivity index (χ1) is 10.5. The summed E-state index contributed by atoms with van der Waals surface area (Å²) in [6.07, 6.45) is 0.257. The number of nitrogens with two attached hydrogens (primary N) is 1. The van der Waals surface area contributed by atoms with Crippen LogP contribution in [0.2, 0.25) is 0 Å². The average Bonchev–Trinajstić information content (AvgIpc) is 2.92. The Hall–Kier alpha value is -2.54. The number of benzene rings is 1. The van der Waals surface area contributed by atoms with Crippen LogP contribution in [0.5, 0.6) is 0 Å². The number of amides is 2. The molecule has 0 aliphatic rings. The maximum atomic E-state index is 11.9. The molecule has 2 rings (SSSR count). The van der Waals surface area contributed by atoms with Gasteiger partial charge in [-0.3, -0.25) is 14.4 Å². The molecule has 7 heteroatoms. The minimum absolute atomic E-state index is 0.0405. The molecule has 1 aromatic heterocycles. The Balaban J connectivity index is 1.82. The molecule has 0 bridgehead atoms. The predicted molar refractivity (Wildman–Crippen MR) is 83.6 cm³/mol. The molecule has 0 spiro atoms. The number of thiazole rings is 1. The van der Waals surface area contributed by atoms with Crippen LogP contribution >= 0.6 is 11.3 Å². The van der Waals surface area contributed by atoms with Crippen LogP contribution in [0, 0.1) is 0 Å². The smallest absolute Gasteiger partial charge is 0.226 e. The summed E-state index contributed by atoms with van der Waals surface area (Å²) < 4.78 is 0. The monoisotopic (exact) mass is 317 g/mol. The van der Waals surface area contributed by atoms with Gasteiger partial charge in [0.25, 0.3) is 0 Å². The lowest BCUT2D eigenvalue weighted by Crippen LogP contribution is -2.15. The van der Waals surface area contributed by atoms with E-state index < -0.39 is 5.91 Å². The molecule has 1 aromatic carbocycles. The number of primary amides is 1. The molecule has 0 aliphatic heterocycles. The van der Waals surface area contributed by atoms with E-state index in [1.807, 2.05) is 6.07 Å². The Labute approximate surface area is 131 Å². The number of anilines is 1. The number of nitrogens with one attached hydrogen (secondary N) is 1. The van der Waals surface area contributed by atoms with Gasteiger partial charge in [-0.05, 0) is 0 Å². The number of ketones is 1. The molecule has 2 amide bonds. The molecule has 0 aliphatic carbocycles. The fourth-order valence-corrected chi connectivity index (χ4v) is 2.53. The van der Waals surface area contributed by atoms with Gasteiger partial charge < -0.3 is 11.1 Å². The van der Waals surface area contributed by atoms with E-state index >= 15 is 0 Å². The Morgan fingerprint density at radius 1 is 1.14 bits per heavy atom. The van der Waals surface area contributed by atoms with Crippen LogP contribution in [-0.4, -0.2) is 22.6 Å². The van der Waals surface area contributed by atoms with Crippen molar-refractivity contribution in [2.45, 2.75) is 19.3 Å². The maximum Gasteiger partial charge on any atom is 0.226 e. The number of carbonyl (C=O) groups excluding carboxylic acids is 3. The van der Waals surface area contributed by atoms with Gasteiger partial charge in [0.15, 0.2) is 10.9 Å². The van der Waals surface area contributed by atoms with Crippen LogP contribution in [0.4, 0.5) is 5.13 Å². The minimum atomic E-state index is -0.475. The zero-order chi connectivity index (χ0) is 15.9. The lowest BCUT2D eigenvalue weighted by atomic mass is 10.1. The summed E-state index contributed by atoms with van der Waals surface area (Å²) in [6, 6.07) is 8.83. The molecule has 6 nitrogen and oxygen atoms in total. The standard InChI is InChI=1S/C15H15N3O3S/c16-13(20)8-11-9-22-15(17-11)18-14(21)7-6-12(19)10-4-2-1-3-5-10/h1-5,9H,6-8H2,(H2,16,20)(H,17,18,21). The Morgan fingerprint density at radius 2 is 1.86 bits per heavy atom. The molecule has 0 unspecified atom stereocenters. The molecular formula is C15H15N3O3S. The molecule has 1 heterocycles. The van der Waals surface area contributed by atoms with Gasteiger partial charge in [0.05, 0.1) is 12.1 Å². The van der Waals surface area contributed by atoms with Gasteiger partial charge in [-0.15, -0.1) is 11.3 Å². The zero-order valence-electron chi connectivity index (χ0n) is 11.7.